The Balaban J connectivity index is 0.000000339. The number of hydrogen-bond donors (Lipinski definition) is 13. The van der Waals surface area contributed by atoms with E-state index in [9.17, 15) is 68.4 Å². The number of ether oxygens (including phenoxy) is 6. The average Bonchev–Trinajstić information content (AvgIpc) is 0.910. The number of aliphatic hydroxyl groups excluding tert-OH is 4. The third kappa shape index (κ3) is 39.6. The number of esters is 3. The van der Waals surface area contributed by atoms with Crippen LogP contribution >= 0.6 is 35.0 Å². The molecule has 0 unspecified atom stereocenters. The quantitative estimate of drug-likeness (QED) is 0.00724. The third-order valence-electron chi connectivity index (χ3n) is 18.5. The van der Waals surface area contributed by atoms with Gasteiger partial charge >= 0.3 is 17.9 Å². The van der Waals surface area contributed by atoms with Gasteiger partial charge in [-0.05, 0) is 207 Å². The van der Waals surface area contributed by atoms with Crippen molar-refractivity contribution in [2.75, 3.05) is 100 Å². The van der Waals surface area contributed by atoms with E-state index < -0.39 is 96.0 Å². The molecule has 5 amide bonds. The van der Waals surface area contributed by atoms with Gasteiger partial charge in [-0.15, -0.1) is 18.8 Å². The molecule has 3 aliphatic heterocycles. The molecule has 0 aromatic heterocycles. The molecule has 31 nitrogen and oxygen atoms in total. The number of nitrogens with one attached hydrogen (secondary N) is 6. The molecule has 128 heavy (non-hydrogen) atoms. The molecule has 14 N–H and O–H groups in total. The van der Waals surface area contributed by atoms with Crippen LogP contribution in [0.4, 0.5) is 0 Å². The zero-order valence-electron chi connectivity index (χ0n) is 71.7. The minimum Gasteiger partial charge on any atom is -0.467 e. The lowest BCUT2D eigenvalue weighted by Crippen LogP contribution is -2.51. The second-order valence-electron chi connectivity index (χ2n) is 28.0. The van der Waals surface area contributed by atoms with Gasteiger partial charge in [0.2, 0.25) is 0 Å². The van der Waals surface area contributed by atoms with Gasteiger partial charge < -0.3 is 80.6 Å². The number of hydroxylamine groups is 1. The first-order valence-corrected chi connectivity index (χ1v) is 40.9. The van der Waals surface area contributed by atoms with Gasteiger partial charge in [-0.2, -0.15) is 0 Å². The molecular formula is C95H107ClIN9O22. The van der Waals surface area contributed by atoms with Crippen molar-refractivity contribution in [1.29, 1.82) is 0 Å². The fourth-order valence-electron chi connectivity index (χ4n) is 11.3. The molecule has 0 aliphatic carbocycles. The van der Waals surface area contributed by atoms with Crippen molar-refractivity contribution in [2.45, 2.75) is 89.4 Å². The van der Waals surface area contributed by atoms with E-state index in [2.05, 4.69) is 145 Å². The maximum Gasteiger partial charge on any atom is 0.331 e. The molecule has 0 saturated carbocycles. The number of carbonyl (C=O) groups excluding carboxylic acids is 10. The number of benzene rings is 8. The number of hydrogen-bond acceptors (Lipinski definition) is 26. The van der Waals surface area contributed by atoms with Crippen molar-refractivity contribution in [3.05, 3.63) is 281 Å². The number of aliphatic hydroxyl groups is 4. The first-order valence-electron chi connectivity index (χ1n) is 39.8. The second kappa shape index (κ2) is 60.3. The summed E-state index contributed by atoms with van der Waals surface area (Å²) in [6.07, 6.45) is 2.44. The van der Waals surface area contributed by atoms with Gasteiger partial charge in [-0.25, -0.2) is 25.8 Å². The van der Waals surface area contributed by atoms with Crippen LogP contribution in [-0.4, -0.2) is 249 Å². The SMILES string of the molecule is C#Cc1ccc(C(=O)N[C@H](C(=O)OC)[C@@H](C)O)cc1.C1COCCN1.COC(=O)[C@@H](NC(=O)c1ccc(C#Cc2ccc(C=O)cc2)cc1)[C@@H](C)O.COC(=O)[C@@H](NC(=O)c1ccc(C#Cc2ccc(CN3CCOCC3)cc2)cc1)[C@@H](C)O.C[C@@H](O)[C@H](NC(=O)c1ccc(C#Cc2ccc(CN3CCOCC3)cc2)cc1)C(=O)NO.Cl.NO.O=Cc1ccc(I)cc1. The molecule has 3 aliphatic rings. The molecular weight excluding hydrogens is 1780 g/mol. The Morgan fingerprint density at radius 2 is 0.656 bits per heavy atom. The van der Waals surface area contributed by atoms with Crippen LogP contribution < -0.4 is 38.0 Å². The van der Waals surface area contributed by atoms with E-state index in [0.717, 1.165) is 142 Å². The molecule has 3 fully saturated rings. The number of nitrogens with two attached hydrogens (primary N) is 1. The largest absolute Gasteiger partial charge is 0.467 e. The Labute approximate surface area is 764 Å². The Bertz CT molecular complexity index is 4860. The van der Waals surface area contributed by atoms with Crippen LogP contribution in [-0.2, 0) is 60.7 Å². The van der Waals surface area contributed by atoms with Gasteiger partial charge in [0.15, 0.2) is 18.1 Å². The summed E-state index contributed by atoms with van der Waals surface area (Å²) in [6.45, 7) is 18.1. The molecule has 8 aromatic rings. The maximum absolute atomic E-state index is 12.4. The van der Waals surface area contributed by atoms with Crippen molar-refractivity contribution < 1.29 is 107 Å². The monoisotopic (exact) mass is 1890 g/mol. The number of carbonyl (C=O) groups is 10. The predicted molar refractivity (Wildman–Crippen MR) is 488 cm³/mol. The first-order chi connectivity index (χ1) is 61.2. The van der Waals surface area contributed by atoms with Crippen molar-refractivity contribution in [3.63, 3.8) is 0 Å². The lowest BCUT2D eigenvalue weighted by Gasteiger charge is -2.26. The third-order valence-corrected chi connectivity index (χ3v) is 19.2. The van der Waals surface area contributed by atoms with Gasteiger partial charge in [-0.3, -0.25) is 48.6 Å². The normalized spacial score (nSPS) is 14.1. The number of methoxy groups -OCH3 is 3. The van der Waals surface area contributed by atoms with Crippen molar-refractivity contribution in [2.24, 2.45) is 5.90 Å². The lowest BCUT2D eigenvalue weighted by atomic mass is 10.1. The highest BCUT2D eigenvalue weighted by Crippen LogP contribution is 2.16. The Morgan fingerprint density at radius 3 is 0.883 bits per heavy atom. The summed E-state index contributed by atoms with van der Waals surface area (Å²) in [6, 6.07) is 52.1. The standard InChI is InChI=1S/C25H28N2O5.C24H27N3O5.C21H19NO5.C14H15NO4.C7H5IO.C4H9NO.ClH.H3NO/c1-18(28)23(25(30)31-2)26-24(29)22-11-9-20(10-12-22)4-3-19-5-7-21(8-6-19)17-27-13-15-32-16-14-27;1-17(28)22(24(30)26-31)25-23(29)21-10-8-19(9-11-21)3-2-18-4-6-20(7-5-18)16-27-12-14-32-15-13-27;1-14(24)19(21(26)27-2)22-20(25)18-11-9-16(10-12-18)4-3-15-5-7-17(13-23)8-6-15;1-4-10-5-7-11(8-6-10)13(17)15-12(9(2)16)14(18)19-3;8-7-3-1-6(5-9)2-4-7;1-3-6-4-2-5-1;;1-2/h5-12,18,23,28H,13-17H2,1-2H3,(H,26,29);4-11,17,22,28,31H,12-16H2,1H3,(H,25,29)(H,26,30);5-14,19,24H,1-2H3,(H,22,25);1,5-9,12,16H,2-3H3,(H,15,17);1-5H;5H,1-4H2;1H;2H,1H2/t18-,23+;17-,22+;14-,19+;9-,12+;;;;/m1111..../s1. The summed E-state index contributed by atoms with van der Waals surface area (Å²) < 4.78 is 30.6. The highest BCUT2D eigenvalue weighted by Gasteiger charge is 2.30. The van der Waals surface area contributed by atoms with Crippen LogP contribution in [0.3, 0.4) is 0 Å². The topological polar surface area (TPSA) is 452 Å². The fraction of sp³-hybridized carbons (Fsp3) is 0.305. The van der Waals surface area contributed by atoms with Crippen LogP contribution in [0, 0.1) is 51.4 Å². The van der Waals surface area contributed by atoms with E-state index in [4.69, 9.17) is 31.0 Å². The molecule has 0 spiro atoms. The minimum atomic E-state index is -1.27. The van der Waals surface area contributed by atoms with Crippen LogP contribution in [0.25, 0.3) is 0 Å². The molecule has 11 rings (SSSR count). The van der Waals surface area contributed by atoms with E-state index in [1.807, 2.05) is 36.4 Å². The van der Waals surface area contributed by atoms with E-state index in [0.29, 0.717) is 38.9 Å². The Morgan fingerprint density at radius 1 is 0.414 bits per heavy atom. The zero-order chi connectivity index (χ0) is 93.0. The second-order valence-corrected chi connectivity index (χ2v) is 29.2. The smallest absolute Gasteiger partial charge is 0.331 e. The molecule has 0 bridgehead atoms. The molecule has 678 valence electrons. The molecule has 3 heterocycles. The van der Waals surface area contributed by atoms with E-state index >= 15 is 0 Å². The predicted octanol–water partition coefficient (Wildman–Crippen LogP) is 5.81. The molecule has 8 atom stereocenters. The molecule has 3 saturated heterocycles. The average molecular weight is 1890 g/mol. The summed E-state index contributed by atoms with van der Waals surface area (Å²) in [7, 11) is 3.57. The number of nitrogens with zero attached hydrogens (tertiary/aromatic N) is 2. The summed E-state index contributed by atoms with van der Waals surface area (Å²) in [5.74, 6) is 19.2. The van der Waals surface area contributed by atoms with Crippen molar-refractivity contribution in [3.8, 4) is 47.9 Å². The highest BCUT2D eigenvalue weighted by atomic mass is 127. The zero-order valence-corrected chi connectivity index (χ0v) is 74.7. The Hall–Kier alpha value is -12.4. The van der Waals surface area contributed by atoms with Gasteiger partial charge in [0.25, 0.3) is 29.5 Å². The fourth-order valence-corrected chi connectivity index (χ4v) is 11.6. The maximum atomic E-state index is 12.4. The summed E-state index contributed by atoms with van der Waals surface area (Å²) >= 11 is 2.20. The Kier molecular flexibility index (Phi) is 50.9. The lowest BCUT2D eigenvalue weighted by molar-refractivity contribution is -0.146. The van der Waals surface area contributed by atoms with Gasteiger partial charge in [0, 0.05) is 128 Å². The van der Waals surface area contributed by atoms with Gasteiger partial charge in [-0.1, -0.05) is 90.0 Å². The van der Waals surface area contributed by atoms with Gasteiger partial charge in [0.1, 0.15) is 18.6 Å². The number of aldehydes is 2. The van der Waals surface area contributed by atoms with E-state index in [1.165, 1.54) is 65.6 Å². The highest BCUT2D eigenvalue weighted by molar-refractivity contribution is 14.1. The molecule has 33 heteroatoms. The number of terminal acetylenes is 1. The van der Waals surface area contributed by atoms with Crippen LogP contribution in [0.2, 0.25) is 0 Å². The first kappa shape index (κ1) is 108. The van der Waals surface area contributed by atoms with Crippen LogP contribution in [0.1, 0.15) is 140 Å². The van der Waals surface area contributed by atoms with Crippen molar-refractivity contribution >= 4 is 95.0 Å². The number of halogens is 2. The summed E-state index contributed by atoms with van der Waals surface area (Å²) in [4.78, 5) is 121. The summed E-state index contributed by atoms with van der Waals surface area (Å²) in [5.41, 5.74) is 12.0. The molecule has 8 aromatic carbocycles. The van der Waals surface area contributed by atoms with E-state index in [-0.39, 0.29) is 12.4 Å². The van der Waals surface area contributed by atoms with Crippen LogP contribution in [0.5, 0.6) is 0 Å². The number of amides is 5. The van der Waals surface area contributed by atoms with Gasteiger partial charge in [0.05, 0.1) is 85.4 Å². The minimum absolute atomic E-state index is 0. The van der Waals surface area contributed by atoms with Crippen molar-refractivity contribution in [1.82, 2.24) is 41.9 Å². The molecule has 0 radical (unpaired) electrons. The van der Waals surface area contributed by atoms with E-state index in [1.54, 1.807) is 133 Å². The number of morpholine rings is 3. The van der Waals surface area contributed by atoms with Crippen LogP contribution in [0.15, 0.2) is 194 Å². The summed E-state index contributed by atoms with van der Waals surface area (Å²) in [5, 5.41) is 66.5. The number of rotatable bonds is 22.